The number of anilines is 1. The van der Waals surface area contributed by atoms with Gasteiger partial charge in [0.2, 0.25) is 0 Å². The number of phenols is 1. The number of pyridine rings is 1. The summed E-state index contributed by atoms with van der Waals surface area (Å²) in [4.78, 5) is 33.3. The molecule has 0 bridgehead atoms. The summed E-state index contributed by atoms with van der Waals surface area (Å²) in [6.07, 6.45) is 0.250. The topological polar surface area (TPSA) is 132 Å². The molecule has 0 saturated heterocycles. The van der Waals surface area contributed by atoms with Crippen molar-refractivity contribution in [1.29, 1.82) is 0 Å². The second kappa shape index (κ2) is 10.8. The van der Waals surface area contributed by atoms with Crippen molar-refractivity contribution in [2.24, 2.45) is 5.92 Å². The molecule has 0 radical (unpaired) electrons. The molecule has 0 aliphatic rings. The Bertz CT molecular complexity index is 1090. The van der Waals surface area contributed by atoms with Crippen LogP contribution in [0.15, 0.2) is 48.5 Å². The van der Waals surface area contributed by atoms with Gasteiger partial charge in [0.25, 0.3) is 5.91 Å². The normalized spacial score (nSPS) is 11.2. The van der Waals surface area contributed by atoms with Crippen LogP contribution in [0, 0.1) is 12.8 Å². The zero-order valence-corrected chi connectivity index (χ0v) is 17.6. The number of para-hydroxylation sites is 1. The third kappa shape index (κ3) is 6.04. The molecule has 1 amide bonds. The van der Waals surface area contributed by atoms with Gasteiger partial charge in [0.1, 0.15) is 18.1 Å². The Morgan fingerprint density at radius 3 is 2.52 bits per heavy atom. The molecule has 1 heterocycles. The highest BCUT2D eigenvalue weighted by Gasteiger charge is 2.20. The zero-order valence-electron chi connectivity index (χ0n) is 17.6. The molecule has 0 unspecified atom stereocenters. The van der Waals surface area contributed by atoms with Crippen LogP contribution < -0.4 is 15.8 Å². The zero-order chi connectivity index (χ0) is 23.0. The average molecular weight is 423 g/mol. The number of aromatic nitrogens is 1. The summed E-state index contributed by atoms with van der Waals surface area (Å²) in [5.74, 6) is 0.370. The van der Waals surface area contributed by atoms with Gasteiger partial charge >= 0.3 is 6.15 Å². The van der Waals surface area contributed by atoms with Gasteiger partial charge in [-0.15, -0.1) is 0 Å². The molecule has 0 aliphatic carbocycles. The minimum absolute atomic E-state index is 0.0494. The molecule has 31 heavy (non-hydrogen) atoms. The van der Waals surface area contributed by atoms with E-state index in [1.54, 1.807) is 18.2 Å². The lowest BCUT2D eigenvalue weighted by molar-refractivity contribution is -0.191. The molecular formula is C23H25N3O5. The molecule has 162 valence electrons. The Balaban J connectivity index is 0.00000107. The number of nitrogens with two attached hydrogens (primary N) is 1. The summed E-state index contributed by atoms with van der Waals surface area (Å²) >= 11 is 0. The first-order chi connectivity index (χ1) is 14.8. The van der Waals surface area contributed by atoms with Gasteiger partial charge in [-0.3, -0.25) is 9.78 Å². The number of carbonyl (C=O) groups is 1. The van der Waals surface area contributed by atoms with Crippen LogP contribution in [-0.4, -0.2) is 34.8 Å². The number of nitrogens with zero attached hydrogens (tertiary/aromatic N) is 1. The quantitative estimate of drug-likeness (QED) is 0.555. The minimum atomic E-state index is -0.338. The van der Waals surface area contributed by atoms with Gasteiger partial charge in [-0.25, -0.2) is 0 Å². The number of amides is 1. The van der Waals surface area contributed by atoms with Crippen molar-refractivity contribution in [3.63, 3.8) is 0 Å². The Morgan fingerprint density at radius 1 is 1.19 bits per heavy atom. The molecule has 1 aromatic heterocycles. The first-order valence-electron chi connectivity index (χ1n) is 9.65. The number of benzene rings is 2. The Labute approximate surface area is 180 Å². The smallest absolute Gasteiger partial charge is 0.373 e. The van der Waals surface area contributed by atoms with Crippen LogP contribution in [-0.2, 0) is 9.59 Å². The fraction of sp³-hybridized carbons (Fsp3) is 0.261. The fourth-order valence-corrected chi connectivity index (χ4v) is 3.03. The van der Waals surface area contributed by atoms with E-state index in [0.29, 0.717) is 11.4 Å². The summed E-state index contributed by atoms with van der Waals surface area (Å²) in [5, 5.41) is 13.6. The molecular weight excluding hydrogens is 398 g/mol. The van der Waals surface area contributed by atoms with E-state index in [1.807, 2.05) is 45.0 Å². The van der Waals surface area contributed by atoms with Crippen molar-refractivity contribution in [1.82, 2.24) is 10.3 Å². The summed E-state index contributed by atoms with van der Waals surface area (Å²) in [5.41, 5.74) is 8.64. The minimum Gasteiger partial charge on any atom is -0.507 e. The predicted octanol–water partition coefficient (Wildman–Crippen LogP) is 3.08. The maximum absolute atomic E-state index is 12.5. The highest BCUT2D eigenvalue weighted by molar-refractivity contribution is 5.97. The van der Waals surface area contributed by atoms with E-state index in [9.17, 15) is 9.90 Å². The number of aromatic hydroxyl groups is 1. The molecule has 8 nitrogen and oxygen atoms in total. The number of nitrogens with one attached hydrogen (secondary N) is 1. The first kappa shape index (κ1) is 23.4. The summed E-state index contributed by atoms with van der Waals surface area (Å²) < 4.78 is 6.03. The van der Waals surface area contributed by atoms with Crippen LogP contribution in [0.1, 0.15) is 29.9 Å². The van der Waals surface area contributed by atoms with Crippen LogP contribution in [0.5, 0.6) is 11.5 Å². The lowest BCUT2D eigenvalue weighted by Crippen LogP contribution is -2.42. The number of hydrogen-bond acceptors (Lipinski definition) is 7. The molecule has 8 heteroatoms. The Morgan fingerprint density at radius 2 is 1.87 bits per heavy atom. The van der Waals surface area contributed by atoms with Crippen molar-refractivity contribution in [3.05, 3.63) is 59.8 Å². The Hall–Kier alpha value is -3.90. The van der Waals surface area contributed by atoms with E-state index in [2.05, 4.69) is 10.3 Å². The summed E-state index contributed by atoms with van der Waals surface area (Å²) in [7, 11) is 0. The third-order valence-corrected chi connectivity index (χ3v) is 4.64. The highest BCUT2D eigenvalue weighted by Crippen LogP contribution is 2.30. The van der Waals surface area contributed by atoms with Crippen molar-refractivity contribution in [2.45, 2.75) is 26.8 Å². The average Bonchev–Trinajstić information content (AvgIpc) is 2.71. The molecule has 0 fully saturated rings. The Kier molecular flexibility index (Phi) is 8.11. The van der Waals surface area contributed by atoms with Crippen LogP contribution in [0.25, 0.3) is 10.9 Å². The number of aryl methyl sites for hydroxylation is 1. The van der Waals surface area contributed by atoms with Crippen molar-refractivity contribution in [2.75, 3.05) is 12.3 Å². The number of hydrogen-bond donors (Lipinski definition) is 3. The van der Waals surface area contributed by atoms with Gasteiger partial charge in [-0.05, 0) is 43.2 Å². The SMILES string of the molecule is Cc1cc(N)c2c(OC[C@@H](NC(=O)c3ccccc3O)C(C)C)cccc2n1.O=C=O. The van der Waals surface area contributed by atoms with E-state index in [0.717, 1.165) is 16.6 Å². The van der Waals surface area contributed by atoms with E-state index >= 15 is 0 Å². The molecule has 3 rings (SSSR count). The standard InChI is InChI=1S/C22H25N3O3.CO2/c1-13(2)18(25-22(27)15-7-4-5-9-19(15)26)12-28-20-10-6-8-17-21(20)16(23)11-14(3)24-17;2-1-3/h4-11,13,18,26H,12H2,1-3H3,(H2,23,24)(H,25,27);/t18-;/m1./s1. The van der Waals surface area contributed by atoms with Crippen LogP contribution in [0.4, 0.5) is 5.69 Å². The second-order valence-electron chi connectivity index (χ2n) is 7.24. The van der Waals surface area contributed by atoms with Crippen molar-refractivity contribution in [3.8, 4) is 11.5 Å². The molecule has 0 aliphatic heterocycles. The van der Waals surface area contributed by atoms with Crippen molar-refractivity contribution < 1.29 is 24.2 Å². The number of fused-ring (bicyclic) bond motifs is 1. The number of carbonyl (C=O) groups excluding carboxylic acids is 3. The molecule has 2 aromatic carbocycles. The molecule has 0 spiro atoms. The van der Waals surface area contributed by atoms with Crippen LogP contribution in [0.2, 0.25) is 0 Å². The maximum atomic E-state index is 12.5. The van der Waals surface area contributed by atoms with E-state index in [4.69, 9.17) is 20.1 Å². The van der Waals surface area contributed by atoms with Crippen LogP contribution >= 0.6 is 0 Å². The summed E-state index contributed by atoms with van der Waals surface area (Å²) in [6, 6.07) is 13.6. The largest absolute Gasteiger partial charge is 0.507 e. The molecule has 3 aromatic rings. The number of nitrogen functional groups attached to an aromatic ring is 1. The predicted molar refractivity (Wildman–Crippen MR) is 116 cm³/mol. The number of ether oxygens (including phenoxy) is 1. The monoisotopic (exact) mass is 423 g/mol. The molecule has 4 N–H and O–H groups in total. The first-order valence-corrected chi connectivity index (χ1v) is 9.65. The number of phenolic OH excluding ortho intramolecular Hbond substituents is 1. The highest BCUT2D eigenvalue weighted by atomic mass is 16.5. The van der Waals surface area contributed by atoms with Gasteiger partial charge < -0.3 is 20.9 Å². The van der Waals surface area contributed by atoms with E-state index in [-0.39, 0.29) is 41.9 Å². The third-order valence-electron chi connectivity index (χ3n) is 4.64. The van der Waals surface area contributed by atoms with Gasteiger partial charge in [0.15, 0.2) is 0 Å². The van der Waals surface area contributed by atoms with Crippen molar-refractivity contribution >= 4 is 28.6 Å². The van der Waals surface area contributed by atoms with E-state index in [1.165, 1.54) is 6.07 Å². The van der Waals surface area contributed by atoms with E-state index < -0.39 is 0 Å². The fourth-order valence-electron chi connectivity index (χ4n) is 3.03. The second-order valence-corrected chi connectivity index (χ2v) is 7.24. The van der Waals surface area contributed by atoms with Gasteiger partial charge in [-0.1, -0.05) is 32.0 Å². The van der Waals surface area contributed by atoms with Gasteiger partial charge in [-0.2, -0.15) is 9.59 Å². The molecule has 0 saturated carbocycles. The molecule has 1 atom stereocenters. The van der Waals surface area contributed by atoms with Crippen LogP contribution in [0.3, 0.4) is 0 Å². The maximum Gasteiger partial charge on any atom is 0.373 e. The lowest BCUT2D eigenvalue weighted by atomic mass is 10.0. The van der Waals surface area contributed by atoms with Gasteiger partial charge in [0.05, 0.1) is 22.5 Å². The number of rotatable bonds is 6. The summed E-state index contributed by atoms with van der Waals surface area (Å²) in [6.45, 7) is 6.17. The lowest BCUT2D eigenvalue weighted by Gasteiger charge is -2.23. The van der Waals surface area contributed by atoms with Gasteiger partial charge in [0, 0.05) is 11.4 Å².